The molecule has 0 bridgehead atoms. The number of hydrogen-bond acceptors (Lipinski definition) is 6. The molecule has 11 heteroatoms. The highest BCUT2D eigenvalue weighted by molar-refractivity contribution is 6.31. The number of carbonyl (C=O) groups excluding carboxylic acids is 2. The molecule has 2 aliphatic heterocycles. The third kappa shape index (κ3) is 6.29. The second kappa shape index (κ2) is 11.8. The van der Waals surface area contributed by atoms with Crippen molar-refractivity contribution in [1.29, 1.82) is 0 Å². The Morgan fingerprint density at radius 2 is 1.91 bits per heavy atom. The molecular weight excluding hydrogens is 577 g/mol. The zero-order chi connectivity index (χ0) is 31.1. The lowest BCUT2D eigenvalue weighted by atomic mass is 9.95. The third-order valence-corrected chi connectivity index (χ3v) is 7.97. The average Bonchev–Trinajstić information content (AvgIpc) is 2.94. The zero-order valence-corrected chi connectivity index (χ0v) is 25.2. The first kappa shape index (κ1) is 30.3. The number of piperidine rings is 1. The summed E-state index contributed by atoms with van der Waals surface area (Å²) in [5.74, 6) is -1.06. The van der Waals surface area contributed by atoms with Gasteiger partial charge in [-0.2, -0.15) is 0 Å². The summed E-state index contributed by atoms with van der Waals surface area (Å²) in [6, 6.07) is 10.8. The zero-order valence-electron chi connectivity index (χ0n) is 24.4. The lowest BCUT2D eigenvalue weighted by molar-refractivity contribution is -0.138. The van der Waals surface area contributed by atoms with Gasteiger partial charge in [0, 0.05) is 36.5 Å². The van der Waals surface area contributed by atoms with E-state index in [4.69, 9.17) is 26.2 Å². The van der Waals surface area contributed by atoms with Crippen molar-refractivity contribution in [3.63, 3.8) is 0 Å². The number of rotatable bonds is 7. The van der Waals surface area contributed by atoms with E-state index in [0.717, 1.165) is 0 Å². The van der Waals surface area contributed by atoms with Crippen LogP contribution in [0.15, 0.2) is 48.7 Å². The number of ether oxygens (including phenoxy) is 2. The van der Waals surface area contributed by atoms with E-state index in [2.05, 4.69) is 4.98 Å². The van der Waals surface area contributed by atoms with Crippen molar-refractivity contribution in [2.45, 2.75) is 64.7 Å². The molecule has 2 aliphatic rings. The van der Waals surface area contributed by atoms with Gasteiger partial charge in [-0.25, -0.2) is 9.37 Å². The fourth-order valence-corrected chi connectivity index (χ4v) is 5.77. The molecule has 2 aromatic carbocycles. The molecule has 0 saturated carbocycles. The van der Waals surface area contributed by atoms with Gasteiger partial charge in [0.15, 0.2) is 5.60 Å². The highest BCUT2D eigenvalue weighted by Crippen LogP contribution is 2.40. The SMILES string of the molecule is Cc1cc(-c2cc(F)ccc2O[C@H](C)CC(=O)O)ccc1C(=O)N1CCC(N2C(=O)C(C)(C)Oc3ncc(Cl)cc32)CC1. The van der Waals surface area contributed by atoms with Gasteiger partial charge < -0.3 is 24.4 Å². The molecule has 0 aliphatic carbocycles. The summed E-state index contributed by atoms with van der Waals surface area (Å²) in [7, 11) is 0. The number of aromatic nitrogens is 1. The number of aliphatic carboxylic acids is 1. The van der Waals surface area contributed by atoms with Crippen molar-refractivity contribution in [3.8, 4) is 22.8 Å². The molecule has 43 heavy (non-hydrogen) atoms. The predicted octanol–water partition coefficient (Wildman–Crippen LogP) is 5.90. The summed E-state index contributed by atoms with van der Waals surface area (Å²) in [5.41, 5.74) is 1.78. The minimum atomic E-state index is -1.08. The molecular formula is C32H33ClFN3O6. The minimum absolute atomic E-state index is 0.132. The normalized spacial score (nSPS) is 17.2. The predicted molar refractivity (Wildman–Crippen MR) is 159 cm³/mol. The quantitative estimate of drug-likeness (QED) is 0.355. The molecule has 0 unspecified atom stereocenters. The Morgan fingerprint density at radius 3 is 2.58 bits per heavy atom. The summed E-state index contributed by atoms with van der Waals surface area (Å²) in [4.78, 5) is 45.8. The van der Waals surface area contributed by atoms with Gasteiger partial charge in [-0.1, -0.05) is 23.7 Å². The number of halogens is 2. The van der Waals surface area contributed by atoms with Crippen molar-refractivity contribution in [1.82, 2.24) is 9.88 Å². The Hall–Kier alpha value is -4.18. The molecule has 3 heterocycles. The van der Waals surface area contributed by atoms with Gasteiger partial charge in [0.05, 0.1) is 11.4 Å². The fraction of sp³-hybridized carbons (Fsp3) is 0.375. The molecule has 0 spiro atoms. The number of carboxylic acid groups (broad SMARTS) is 1. The van der Waals surface area contributed by atoms with E-state index < -0.39 is 23.5 Å². The lowest BCUT2D eigenvalue weighted by Gasteiger charge is -2.44. The number of pyridine rings is 1. The second-order valence-corrected chi connectivity index (χ2v) is 11.9. The van der Waals surface area contributed by atoms with E-state index in [-0.39, 0.29) is 24.3 Å². The fourth-order valence-electron chi connectivity index (χ4n) is 5.62. The molecule has 1 fully saturated rings. The number of carbonyl (C=O) groups is 3. The highest BCUT2D eigenvalue weighted by atomic mass is 35.5. The van der Waals surface area contributed by atoms with E-state index in [1.807, 2.05) is 6.92 Å². The van der Waals surface area contributed by atoms with Crippen LogP contribution in [0.25, 0.3) is 11.1 Å². The Bertz CT molecular complexity index is 1590. The van der Waals surface area contributed by atoms with Crippen LogP contribution in [0.1, 0.15) is 56.0 Å². The summed E-state index contributed by atoms with van der Waals surface area (Å²) in [6.07, 6.45) is 1.80. The van der Waals surface area contributed by atoms with Crippen LogP contribution >= 0.6 is 11.6 Å². The summed E-state index contributed by atoms with van der Waals surface area (Å²) in [6.45, 7) is 7.77. The van der Waals surface area contributed by atoms with Gasteiger partial charge in [0.2, 0.25) is 5.88 Å². The van der Waals surface area contributed by atoms with Crippen molar-refractivity contribution in [2.24, 2.45) is 0 Å². The molecule has 1 aromatic heterocycles. The van der Waals surface area contributed by atoms with Crippen LogP contribution in [0.2, 0.25) is 5.02 Å². The van der Waals surface area contributed by atoms with Crippen molar-refractivity contribution < 1.29 is 33.4 Å². The smallest absolute Gasteiger partial charge is 0.307 e. The molecule has 3 aromatic rings. The first-order valence-corrected chi connectivity index (χ1v) is 14.5. The maximum atomic E-state index is 14.2. The van der Waals surface area contributed by atoms with Gasteiger partial charge in [0.25, 0.3) is 11.8 Å². The molecule has 0 radical (unpaired) electrons. The molecule has 1 atom stereocenters. The van der Waals surface area contributed by atoms with E-state index in [0.29, 0.717) is 70.5 Å². The van der Waals surface area contributed by atoms with Crippen LogP contribution in [0.5, 0.6) is 11.6 Å². The van der Waals surface area contributed by atoms with Gasteiger partial charge in [-0.05, 0) is 82.0 Å². The number of benzene rings is 2. The van der Waals surface area contributed by atoms with Gasteiger partial charge >= 0.3 is 5.97 Å². The number of nitrogens with zero attached hydrogens (tertiary/aromatic N) is 3. The Balaban J connectivity index is 1.32. The molecule has 1 saturated heterocycles. The number of fused-ring (bicyclic) bond motifs is 1. The van der Waals surface area contributed by atoms with Crippen LogP contribution in [0.3, 0.4) is 0 Å². The van der Waals surface area contributed by atoms with Crippen LogP contribution < -0.4 is 14.4 Å². The summed E-state index contributed by atoms with van der Waals surface area (Å²) >= 11 is 6.20. The maximum Gasteiger partial charge on any atom is 0.307 e. The van der Waals surface area contributed by atoms with Crippen molar-refractivity contribution in [2.75, 3.05) is 18.0 Å². The monoisotopic (exact) mass is 609 g/mol. The first-order chi connectivity index (χ1) is 20.3. The number of aryl methyl sites for hydroxylation is 1. The summed E-state index contributed by atoms with van der Waals surface area (Å²) in [5, 5.41) is 9.48. The van der Waals surface area contributed by atoms with Crippen LogP contribution in [0.4, 0.5) is 10.1 Å². The maximum absolute atomic E-state index is 14.2. The molecule has 2 amide bonds. The number of carboxylic acids is 1. The Kier molecular flexibility index (Phi) is 8.34. The van der Waals surface area contributed by atoms with Crippen LogP contribution in [0, 0.1) is 12.7 Å². The van der Waals surface area contributed by atoms with Crippen molar-refractivity contribution >= 4 is 35.1 Å². The Morgan fingerprint density at radius 1 is 1.19 bits per heavy atom. The van der Waals surface area contributed by atoms with Gasteiger partial charge in [-0.15, -0.1) is 0 Å². The standard InChI is InChI=1S/C32H33ClFN3O6/c1-18-13-20(25-16-22(34)6-8-27(25)42-19(2)14-28(38)39)5-7-24(18)30(40)36-11-9-23(10-12-36)37-26-15-21(33)17-35-29(26)43-32(3,4)31(37)41/h5-8,13,15-17,19,23H,9-12,14H2,1-4H3,(H,38,39)/t19-/m1/s1. The van der Waals surface area contributed by atoms with Crippen LogP contribution in [-0.4, -0.2) is 63.6 Å². The Labute approximate surface area is 254 Å². The lowest BCUT2D eigenvalue weighted by Crippen LogP contribution is -2.58. The van der Waals surface area contributed by atoms with Gasteiger partial charge in [-0.3, -0.25) is 14.4 Å². The van der Waals surface area contributed by atoms with E-state index in [1.54, 1.807) is 54.8 Å². The highest BCUT2D eigenvalue weighted by Gasteiger charge is 2.45. The van der Waals surface area contributed by atoms with Crippen LogP contribution in [-0.2, 0) is 9.59 Å². The molecule has 9 nitrogen and oxygen atoms in total. The first-order valence-electron chi connectivity index (χ1n) is 14.1. The number of likely N-dealkylation sites (tertiary alicyclic amines) is 1. The summed E-state index contributed by atoms with van der Waals surface area (Å²) < 4.78 is 25.9. The molecule has 5 rings (SSSR count). The van der Waals surface area contributed by atoms with Gasteiger partial charge in [0.1, 0.15) is 23.4 Å². The molecule has 226 valence electrons. The van der Waals surface area contributed by atoms with Crippen molar-refractivity contribution in [3.05, 3.63) is 70.6 Å². The topological polar surface area (TPSA) is 109 Å². The largest absolute Gasteiger partial charge is 0.489 e. The van der Waals surface area contributed by atoms with E-state index >= 15 is 0 Å². The average molecular weight is 610 g/mol. The number of anilines is 1. The second-order valence-electron chi connectivity index (χ2n) is 11.5. The number of hydrogen-bond donors (Lipinski definition) is 1. The van der Waals surface area contributed by atoms with E-state index in [9.17, 15) is 18.8 Å². The minimum Gasteiger partial charge on any atom is -0.489 e. The third-order valence-electron chi connectivity index (χ3n) is 7.76. The molecule has 1 N–H and O–H groups in total. The number of amides is 2. The van der Waals surface area contributed by atoms with E-state index in [1.165, 1.54) is 24.4 Å².